The van der Waals surface area contributed by atoms with Gasteiger partial charge in [-0.1, -0.05) is 6.07 Å². The third kappa shape index (κ3) is 4.24. The van der Waals surface area contributed by atoms with Crippen LogP contribution < -0.4 is 10.2 Å². The van der Waals surface area contributed by atoms with Gasteiger partial charge in [0.15, 0.2) is 0 Å². The minimum absolute atomic E-state index is 0.0388. The molecular weight excluding hydrogens is 446 g/mol. The summed E-state index contributed by atoms with van der Waals surface area (Å²) in [6, 6.07) is 8.65. The maximum absolute atomic E-state index is 14.5. The van der Waals surface area contributed by atoms with Crippen molar-refractivity contribution in [3.05, 3.63) is 65.0 Å². The van der Waals surface area contributed by atoms with Crippen LogP contribution in [0.15, 0.2) is 41.4 Å². The SMILES string of the molecule is Cc1c(SN2CCn3nccc3C2)cc(C(=O)NCc2c(F)cccc2N2CC(F)C2)n1C. The van der Waals surface area contributed by atoms with Crippen molar-refractivity contribution in [3.8, 4) is 0 Å². The molecule has 1 amide bonds. The van der Waals surface area contributed by atoms with Crippen LogP contribution in [0.1, 0.15) is 27.4 Å². The van der Waals surface area contributed by atoms with E-state index in [4.69, 9.17) is 0 Å². The van der Waals surface area contributed by atoms with Crippen LogP contribution in [0.25, 0.3) is 0 Å². The summed E-state index contributed by atoms with van der Waals surface area (Å²) in [4.78, 5) is 15.8. The van der Waals surface area contributed by atoms with Crippen molar-refractivity contribution in [1.82, 2.24) is 24.0 Å². The number of nitrogens with zero attached hydrogens (tertiary/aromatic N) is 5. The molecule has 0 bridgehead atoms. The van der Waals surface area contributed by atoms with Gasteiger partial charge in [-0.3, -0.25) is 9.48 Å². The molecule has 10 heteroatoms. The molecule has 0 spiro atoms. The zero-order chi connectivity index (χ0) is 23.1. The average Bonchev–Trinajstić information content (AvgIpc) is 3.35. The third-order valence-corrected chi connectivity index (χ3v) is 7.53. The van der Waals surface area contributed by atoms with Gasteiger partial charge < -0.3 is 14.8 Å². The number of rotatable bonds is 6. The summed E-state index contributed by atoms with van der Waals surface area (Å²) in [6.45, 7) is 5.00. The molecule has 174 valence electrons. The van der Waals surface area contributed by atoms with Gasteiger partial charge in [0.1, 0.15) is 17.7 Å². The van der Waals surface area contributed by atoms with Gasteiger partial charge in [-0.2, -0.15) is 5.10 Å². The monoisotopic (exact) mass is 472 g/mol. The zero-order valence-corrected chi connectivity index (χ0v) is 19.4. The number of hydrogen-bond donors (Lipinski definition) is 1. The smallest absolute Gasteiger partial charge is 0.268 e. The first kappa shape index (κ1) is 22.0. The first-order chi connectivity index (χ1) is 15.9. The molecule has 4 heterocycles. The second kappa shape index (κ2) is 8.83. The summed E-state index contributed by atoms with van der Waals surface area (Å²) in [5.41, 5.74) is 3.69. The summed E-state index contributed by atoms with van der Waals surface area (Å²) in [5.74, 6) is -0.677. The minimum Gasteiger partial charge on any atom is -0.365 e. The quantitative estimate of drug-likeness (QED) is 0.558. The number of nitrogens with one attached hydrogen (secondary N) is 1. The van der Waals surface area contributed by atoms with Crippen molar-refractivity contribution in [2.24, 2.45) is 7.05 Å². The molecule has 5 rings (SSSR count). The minimum atomic E-state index is -0.890. The van der Waals surface area contributed by atoms with Crippen LogP contribution in [0.2, 0.25) is 0 Å². The molecule has 1 saturated heterocycles. The molecule has 1 aromatic carbocycles. The lowest BCUT2D eigenvalue weighted by Crippen LogP contribution is -2.49. The molecular formula is C23H26F2N6OS. The van der Waals surface area contributed by atoms with Gasteiger partial charge in [0, 0.05) is 48.2 Å². The van der Waals surface area contributed by atoms with Gasteiger partial charge in [0.05, 0.1) is 31.9 Å². The highest BCUT2D eigenvalue weighted by atomic mass is 32.2. The fourth-order valence-electron chi connectivity index (χ4n) is 4.26. The highest BCUT2D eigenvalue weighted by Gasteiger charge is 2.29. The Morgan fingerprint density at radius 1 is 1.27 bits per heavy atom. The van der Waals surface area contributed by atoms with E-state index in [1.165, 1.54) is 11.8 Å². The Morgan fingerprint density at radius 2 is 2.09 bits per heavy atom. The van der Waals surface area contributed by atoms with Crippen LogP contribution in [-0.2, 0) is 26.7 Å². The van der Waals surface area contributed by atoms with Crippen molar-refractivity contribution < 1.29 is 13.6 Å². The van der Waals surface area contributed by atoms with Gasteiger partial charge in [-0.05, 0) is 43.1 Å². The summed E-state index contributed by atoms with van der Waals surface area (Å²) in [6.07, 6.45) is 0.928. The standard InChI is InChI=1S/C23H26F2N6OS/c1-15-22(33-30-8-9-31-17(14-30)6-7-27-31)10-21(28(15)2)23(32)26-11-18-19(25)4-3-5-20(18)29-12-16(24)13-29/h3-7,10,16H,8-9,11-14H2,1-2H3,(H,26,32). The van der Waals surface area contributed by atoms with Gasteiger partial charge in [-0.15, -0.1) is 0 Å². The average molecular weight is 473 g/mol. The Balaban J connectivity index is 1.28. The number of amides is 1. The van der Waals surface area contributed by atoms with Crippen LogP contribution in [0, 0.1) is 12.7 Å². The zero-order valence-electron chi connectivity index (χ0n) is 18.6. The number of halogens is 2. The van der Waals surface area contributed by atoms with Crippen LogP contribution in [0.5, 0.6) is 0 Å². The van der Waals surface area contributed by atoms with Crippen molar-refractivity contribution in [2.75, 3.05) is 24.5 Å². The number of hydrogen-bond acceptors (Lipinski definition) is 5. The fraction of sp³-hybridized carbons (Fsp3) is 0.391. The first-order valence-electron chi connectivity index (χ1n) is 10.9. The molecule has 2 aromatic heterocycles. The number of carbonyl (C=O) groups is 1. The second-order valence-corrected chi connectivity index (χ2v) is 9.60. The summed E-state index contributed by atoms with van der Waals surface area (Å²) in [7, 11) is 1.86. The lowest BCUT2D eigenvalue weighted by Gasteiger charge is -2.37. The normalized spacial score (nSPS) is 16.5. The number of carbonyl (C=O) groups excluding carboxylic acids is 1. The molecule has 0 atom stereocenters. The van der Waals surface area contributed by atoms with E-state index >= 15 is 0 Å². The molecule has 7 nitrogen and oxygen atoms in total. The molecule has 2 aliphatic rings. The number of benzene rings is 1. The molecule has 0 unspecified atom stereocenters. The molecule has 0 radical (unpaired) electrons. The Labute approximate surface area is 195 Å². The van der Waals surface area contributed by atoms with E-state index in [1.54, 1.807) is 29.0 Å². The number of fused-ring (bicyclic) bond motifs is 1. The Bertz CT molecular complexity index is 1190. The molecule has 2 aliphatic heterocycles. The van der Waals surface area contributed by atoms with Crippen LogP contribution in [-0.4, -0.2) is 50.4 Å². The Morgan fingerprint density at radius 3 is 2.88 bits per heavy atom. The lowest BCUT2D eigenvalue weighted by molar-refractivity contribution is 0.0942. The largest absolute Gasteiger partial charge is 0.365 e. The molecule has 1 fully saturated rings. The lowest BCUT2D eigenvalue weighted by atomic mass is 10.1. The van der Waals surface area contributed by atoms with E-state index in [2.05, 4.69) is 14.7 Å². The first-order valence-corrected chi connectivity index (χ1v) is 11.7. The van der Waals surface area contributed by atoms with Gasteiger partial charge in [0.25, 0.3) is 5.91 Å². The van der Waals surface area contributed by atoms with Crippen molar-refractivity contribution in [1.29, 1.82) is 0 Å². The maximum atomic E-state index is 14.5. The number of anilines is 1. The van der Waals surface area contributed by atoms with E-state index < -0.39 is 12.0 Å². The van der Waals surface area contributed by atoms with E-state index in [9.17, 15) is 13.6 Å². The molecule has 1 N–H and O–H groups in total. The summed E-state index contributed by atoms with van der Waals surface area (Å²) < 4.78 is 34.0. The Hall–Kier alpha value is -2.85. The van der Waals surface area contributed by atoms with Crippen molar-refractivity contribution in [2.45, 2.75) is 37.6 Å². The van der Waals surface area contributed by atoms with E-state index in [0.29, 0.717) is 16.9 Å². The predicted octanol–water partition coefficient (Wildman–Crippen LogP) is 3.28. The van der Waals surface area contributed by atoms with Crippen molar-refractivity contribution in [3.63, 3.8) is 0 Å². The predicted molar refractivity (Wildman–Crippen MR) is 123 cm³/mol. The topological polar surface area (TPSA) is 58.3 Å². The highest BCUT2D eigenvalue weighted by Crippen LogP contribution is 2.32. The summed E-state index contributed by atoms with van der Waals surface area (Å²) in [5, 5.41) is 7.16. The van der Waals surface area contributed by atoms with Gasteiger partial charge in [-0.25, -0.2) is 13.1 Å². The summed E-state index contributed by atoms with van der Waals surface area (Å²) >= 11 is 1.63. The van der Waals surface area contributed by atoms with Crippen LogP contribution in [0.3, 0.4) is 0 Å². The Kier molecular flexibility index (Phi) is 5.88. The van der Waals surface area contributed by atoms with E-state index in [1.807, 2.05) is 41.5 Å². The van der Waals surface area contributed by atoms with Gasteiger partial charge in [0.2, 0.25) is 0 Å². The van der Waals surface area contributed by atoms with Crippen LogP contribution >= 0.6 is 11.9 Å². The maximum Gasteiger partial charge on any atom is 0.268 e. The van der Waals surface area contributed by atoms with E-state index in [-0.39, 0.29) is 25.5 Å². The fourth-order valence-corrected chi connectivity index (χ4v) is 5.34. The van der Waals surface area contributed by atoms with Gasteiger partial charge >= 0.3 is 0 Å². The molecule has 33 heavy (non-hydrogen) atoms. The molecule has 3 aromatic rings. The number of aromatic nitrogens is 3. The molecule has 0 aliphatic carbocycles. The number of alkyl halides is 1. The second-order valence-electron chi connectivity index (χ2n) is 8.46. The third-order valence-electron chi connectivity index (χ3n) is 6.35. The van der Waals surface area contributed by atoms with E-state index in [0.717, 1.165) is 30.2 Å². The highest BCUT2D eigenvalue weighted by molar-refractivity contribution is 7.97. The van der Waals surface area contributed by atoms with Crippen LogP contribution in [0.4, 0.5) is 14.5 Å². The van der Waals surface area contributed by atoms with Crippen molar-refractivity contribution >= 4 is 23.5 Å². The molecule has 0 saturated carbocycles.